The molecule has 1 aromatic carbocycles. The van der Waals surface area contributed by atoms with Crippen LogP contribution in [0.2, 0.25) is 0 Å². The highest BCUT2D eigenvalue weighted by molar-refractivity contribution is 8.00. The average Bonchev–Trinajstić information content (AvgIpc) is 3.10. The SMILES string of the molecule is CC(C)(C)OC(=O)C1CSC(C(C)(C)C)N1C(=O)CNC(=O)Nc1cccc(CC(=O)[O-])c1. The number of hydrogen-bond donors (Lipinski definition) is 2. The highest BCUT2D eigenvalue weighted by Crippen LogP contribution is 2.41. The number of carbonyl (C=O) groups is 4. The molecule has 0 saturated carbocycles. The second-order valence-electron chi connectivity index (χ2n) is 9.96. The van der Waals surface area contributed by atoms with Crippen molar-refractivity contribution in [2.45, 2.75) is 65.0 Å². The molecule has 1 fully saturated rings. The van der Waals surface area contributed by atoms with Gasteiger partial charge in [-0.3, -0.25) is 4.79 Å². The van der Waals surface area contributed by atoms with E-state index in [0.29, 0.717) is 17.0 Å². The number of benzene rings is 1. The summed E-state index contributed by atoms with van der Waals surface area (Å²) in [5.74, 6) is -1.67. The molecule has 0 aliphatic carbocycles. The first-order valence-electron chi connectivity index (χ1n) is 10.7. The van der Waals surface area contributed by atoms with Crippen molar-refractivity contribution in [1.29, 1.82) is 0 Å². The lowest BCUT2D eigenvalue weighted by molar-refractivity contribution is -0.304. The fourth-order valence-electron chi connectivity index (χ4n) is 3.38. The summed E-state index contributed by atoms with van der Waals surface area (Å²) >= 11 is 1.51. The molecule has 0 bridgehead atoms. The van der Waals surface area contributed by atoms with Crippen molar-refractivity contribution < 1.29 is 29.0 Å². The van der Waals surface area contributed by atoms with Crippen molar-refractivity contribution in [1.82, 2.24) is 10.2 Å². The maximum atomic E-state index is 13.1. The summed E-state index contributed by atoms with van der Waals surface area (Å²) in [5.41, 5.74) is -0.112. The zero-order valence-electron chi connectivity index (χ0n) is 19.9. The van der Waals surface area contributed by atoms with Gasteiger partial charge in [-0.05, 0) is 43.9 Å². The Morgan fingerprint density at radius 2 is 1.82 bits per heavy atom. The number of aliphatic carboxylic acids is 1. The van der Waals surface area contributed by atoms with Gasteiger partial charge in [0.1, 0.15) is 11.6 Å². The van der Waals surface area contributed by atoms with Gasteiger partial charge in [0.2, 0.25) is 5.91 Å². The monoisotopic (exact) mass is 478 g/mol. The molecular weight excluding hydrogens is 446 g/mol. The number of carboxylic acids is 1. The number of nitrogens with zero attached hydrogens (tertiary/aromatic N) is 1. The van der Waals surface area contributed by atoms with E-state index in [1.165, 1.54) is 22.7 Å². The molecule has 1 aromatic rings. The number of carbonyl (C=O) groups excluding carboxylic acids is 4. The van der Waals surface area contributed by atoms with Gasteiger partial charge in [0.15, 0.2) is 0 Å². The molecule has 10 heteroatoms. The minimum atomic E-state index is -1.22. The predicted octanol–water partition coefficient (Wildman–Crippen LogP) is 1.76. The van der Waals surface area contributed by atoms with Crippen LogP contribution in [0.4, 0.5) is 10.5 Å². The highest BCUT2D eigenvalue weighted by Gasteiger charge is 2.47. The van der Waals surface area contributed by atoms with Crippen molar-refractivity contribution in [2.75, 3.05) is 17.6 Å². The third-order valence-corrected chi connectivity index (χ3v) is 6.40. The molecule has 2 rings (SSSR count). The Balaban J connectivity index is 2.06. The normalized spacial score (nSPS) is 18.5. The quantitative estimate of drug-likeness (QED) is 0.596. The lowest BCUT2D eigenvalue weighted by Gasteiger charge is -2.36. The summed E-state index contributed by atoms with van der Waals surface area (Å²) in [6, 6.07) is 4.98. The molecular formula is C23H32N3O6S-. The van der Waals surface area contributed by atoms with E-state index in [0.717, 1.165) is 0 Å². The number of hydrogen-bond acceptors (Lipinski definition) is 7. The zero-order valence-corrected chi connectivity index (χ0v) is 20.7. The Hall–Kier alpha value is -2.75. The summed E-state index contributed by atoms with van der Waals surface area (Å²) in [6.07, 6.45) is -0.275. The minimum Gasteiger partial charge on any atom is -0.550 e. The molecule has 0 spiro atoms. The Morgan fingerprint density at radius 3 is 2.39 bits per heavy atom. The topological polar surface area (TPSA) is 128 Å². The van der Waals surface area contributed by atoms with E-state index in [-0.39, 0.29) is 23.8 Å². The van der Waals surface area contributed by atoms with E-state index >= 15 is 0 Å². The molecule has 182 valence electrons. The van der Waals surface area contributed by atoms with Gasteiger partial charge in [0.05, 0.1) is 11.9 Å². The third kappa shape index (κ3) is 7.96. The standard InChI is InChI=1S/C23H33N3O6S/c1-22(2,3)20-26(16(13-33-20)19(30)32-23(4,5)6)17(27)12-24-21(31)25-15-9-7-8-14(10-15)11-18(28)29/h7-10,16,20H,11-13H2,1-6H3,(H,28,29)(H2,24,25,31)/p-1. The Morgan fingerprint density at radius 1 is 1.15 bits per heavy atom. The van der Waals surface area contributed by atoms with Gasteiger partial charge in [-0.1, -0.05) is 32.9 Å². The number of rotatable bonds is 6. The molecule has 9 nitrogen and oxygen atoms in total. The third-order valence-electron chi connectivity index (χ3n) is 4.64. The van der Waals surface area contributed by atoms with Crippen molar-refractivity contribution >= 4 is 41.3 Å². The summed E-state index contributed by atoms with van der Waals surface area (Å²) in [6.45, 7) is 11.0. The molecule has 33 heavy (non-hydrogen) atoms. The molecule has 1 aliphatic rings. The highest BCUT2D eigenvalue weighted by atomic mass is 32.2. The first kappa shape index (κ1) is 26.5. The number of esters is 1. The summed E-state index contributed by atoms with van der Waals surface area (Å²) < 4.78 is 5.51. The Labute approximate surface area is 198 Å². The molecule has 2 atom stereocenters. The number of carboxylic acid groups (broad SMARTS) is 1. The minimum absolute atomic E-state index is 0.256. The van der Waals surface area contributed by atoms with E-state index in [9.17, 15) is 24.3 Å². The van der Waals surface area contributed by atoms with Crippen LogP contribution in [0.3, 0.4) is 0 Å². The first-order chi connectivity index (χ1) is 15.2. The molecule has 1 saturated heterocycles. The molecule has 1 heterocycles. The second-order valence-corrected chi connectivity index (χ2v) is 11.1. The van der Waals surface area contributed by atoms with E-state index in [4.69, 9.17) is 4.74 Å². The molecule has 1 aliphatic heterocycles. The van der Waals surface area contributed by atoms with Crippen LogP contribution in [-0.4, -0.2) is 58.1 Å². The van der Waals surface area contributed by atoms with Crippen LogP contribution in [0, 0.1) is 5.41 Å². The van der Waals surface area contributed by atoms with Crippen molar-refractivity contribution in [3.8, 4) is 0 Å². The Kier molecular flexibility index (Phi) is 8.40. The lowest BCUT2D eigenvalue weighted by Crippen LogP contribution is -2.53. The van der Waals surface area contributed by atoms with E-state index in [1.807, 2.05) is 20.8 Å². The predicted molar refractivity (Wildman–Crippen MR) is 124 cm³/mol. The van der Waals surface area contributed by atoms with Crippen LogP contribution in [0.15, 0.2) is 24.3 Å². The number of thioether (sulfide) groups is 1. The second kappa shape index (κ2) is 10.5. The van der Waals surface area contributed by atoms with Crippen LogP contribution in [0.5, 0.6) is 0 Å². The summed E-state index contributed by atoms with van der Waals surface area (Å²) in [4.78, 5) is 50.5. The van der Waals surface area contributed by atoms with E-state index < -0.39 is 35.5 Å². The van der Waals surface area contributed by atoms with Gasteiger partial charge in [-0.2, -0.15) is 0 Å². The molecule has 3 amide bonds. The summed E-state index contributed by atoms with van der Waals surface area (Å²) in [5, 5.41) is 15.6. The van der Waals surface area contributed by atoms with Gasteiger partial charge < -0.3 is 30.2 Å². The summed E-state index contributed by atoms with van der Waals surface area (Å²) in [7, 11) is 0. The van der Waals surface area contributed by atoms with Crippen LogP contribution in [-0.2, 0) is 25.5 Å². The van der Waals surface area contributed by atoms with Crippen molar-refractivity contribution in [3.63, 3.8) is 0 Å². The fourth-order valence-corrected chi connectivity index (χ4v) is 4.96. The van der Waals surface area contributed by atoms with Gasteiger partial charge >= 0.3 is 12.0 Å². The van der Waals surface area contributed by atoms with Gasteiger partial charge in [-0.25, -0.2) is 9.59 Å². The van der Waals surface area contributed by atoms with E-state index in [1.54, 1.807) is 39.0 Å². The Bertz CT molecular complexity index is 906. The average molecular weight is 479 g/mol. The largest absolute Gasteiger partial charge is 0.550 e. The van der Waals surface area contributed by atoms with Crippen molar-refractivity contribution in [2.24, 2.45) is 5.41 Å². The molecule has 0 radical (unpaired) electrons. The van der Waals surface area contributed by atoms with Crippen LogP contribution in [0.25, 0.3) is 0 Å². The molecule has 2 unspecified atom stereocenters. The number of anilines is 1. The van der Waals surface area contributed by atoms with Crippen LogP contribution >= 0.6 is 11.8 Å². The number of nitrogens with one attached hydrogen (secondary N) is 2. The molecule has 0 aromatic heterocycles. The zero-order chi connectivity index (χ0) is 25.0. The number of amides is 3. The fraction of sp³-hybridized carbons (Fsp3) is 0.565. The maximum absolute atomic E-state index is 13.1. The number of urea groups is 1. The van der Waals surface area contributed by atoms with Crippen LogP contribution < -0.4 is 15.7 Å². The number of ether oxygens (including phenoxy) is 1. The van der Waals surface area contributed by atoms with Crippen molar-refractivity contribution in [3.05, 3.63) is 29.8 Å². The van der Waals surface area contributed by atoms with Crippen LogP contribution in [0.1, 0.15) is 47.1 Å². The maximum Gasteiger partial charge on any atom is 0.330 e. The van der Waals surface area contributed by atoms with E-state index in [2.05, 4.69) is 10.6 Å². The molecule has 2 N–H and O–H groups in total. The van der Waals surface area contributed by atoms with Gasteiger partial charge in [0, 0.05) is 23.8 Å². The smallest absolute Gasteiger partial charge is 0.330 e. The first-order valence-corrected chi connectivity index (χ1v) is 11.7. The lowest BCUT2D eigenvalue weighted by atomic mass is 9.94. The van der Waals surface area contributed by atoms with Gasteiger partial charge in [-0.15, -0.1) is 11.8 Å². The van der Waals surface area contributed by atoms with Gasteiger partial charge in [0.25, 0.3) is 0 Å².